The van der Waals surface area contributed by atoms with Crippen LogP contribution in [0, 0.1) is 5.92 Å². The Morgan fingerprint density at radius 3 is 2.56 bits per heavy atom. The normalized spacial score (nSPS) is 23.2. The summed E-state index contributed by atoms with van der Waals surface area (Å²) in [6, 6.07) is 0.131. The number of nitrogens with zero attached hydrogens (tertiary/aromatic N) is 2. The Balaban J connectivity index is 0.00000289. The van der Waals surface area contributed by atoms with Crippen LogP contribution in [0.3, 0.4) is 0 Å². The van der Waals surface area contributed by atoms with Gasteiger partial charge < -0.3 is 15.5 Å². The molecule has 2 unspecified atom stereocenters. The molecule has 1 aliphatic rings. The van der Waals surface area contributed by atoms with Crippen molar-refractivity contribution in [3.8, 4) is 0 Å². The smallest absolute Gasteiger partial charge is 0.242 e. The van der Waals surface area contributed by atoms with E-state index in [4.69, 9.17) is 5.73 Å². The number of hydrogen-bond acceptors (Lipinski definition) is 3. The molecule has 0 aliphatic carbocycles. The molecule has 106 valence electrons. The SMILES string of the molecule is CC(=O)N(C)CC(=O)N1CCC(C)CC1CN.Cl. The number of rotatable bonds is 3. The zero-order chi connectivity index (χ0) is 13.0. The van der Waals surface area contributed by atoms with Crippen molar-refractivity contribution in [2.45, 2.75) is 32.7 Å². The zero-order valence-electron chi connectivity index (χ0n) is 11.4. The Morgan fingerprint density at radius 2 is 2.06 bits per heavy atom. The van der Waals surface area contributed by atoms with Crippen molar-refractivity contribution in [2.75, 3.05) is 26.7 Å². The van der Waals surface area contributed by atoms with Gasteiger partial charge in [0.2, 0.25) is 11.8 Å². The molecule has 1 aliphatic heterocycles. The van der Waals surface area contributed by atoms with Crippen LogP contribution in [0.25, 0.3) is 0 Å². The van der Waals surface area contributed by atoms with Crippen LogP contribution in [-0.2, 0) is 9.59 Å². The highest BCUT2D eigenvalue weighted by molar-refractivity contribution is 5.85. The molecular formula is C12H24ClN3O2. The molecule has 2 N–H and O–H groups in total. The van der Waals surface area contributed by atoms with Gasteiger partial charge in [0, 0.05) is 33.1 Å². The number of piperidine rings is 1. The molecule has 0 aromatic rings. The summed E-state index contributed by atoms with van der Waals surface area (Å²) < 4.78 is 0. The number of hydrogen-bond donors (Lipinski definition) is 1. The second-order valence-electron chi connectivity index (χ2n) is 4.98. The van der Waals surface area contributed by atoms with E-state index in [2.05, 4.69) is 6.92 Å². The van der Waals surface area contributed by atoms with Crippen molar-refractivity contribution in [3.63, 3.8) is 0 Å². The van der Waals surface area contributed by atoms with E-state index < -0.39 is 0 Å². The summed E-state index contributed by atoms with van der Waals surface area (Å²) in [5.41, 5.74) is 5.71. The molecule has 6 heteroatoms. The number of likely N-dealkylation sites (N-methyl/N-ethyl adjacent to an activating group) is 1. The second kappa shape index (κ2) is 7.59. The first-order chi connectivity index (χ1) is 7.95. The van der Waals surface area contributed by atoms with Crippen molar-refractivity contribution in [3.05, 3.63) is 0 Å². The van der Waals surface area contributed by atoms with Gasteiger partial charge in [0.15, 0.2) is 0 Å². The predicted octanol–water partition coefficient (Wildman–Crippen LogP) is 0.472. The Bertz CT molecular complexity index is 299. The third kappa shape index (κ3) is 4.46. The Morgan fingerprint density at radius 1 is 1.44 bits per heavy atom. The molecule has 1 heterocycles. The van der Waals surface area contributed by atoms with Crippen molar-refractivity contribution >= 4 is 24.2 Å². The number of halogens is 1. The number of amides is 2. The van der Waals surface area contributed by atoms with E-state index in [0.29, 0.717) is 12.5 Å². The molecule has 1 rings (SSSR count). The van der Waals surface area contributed by atoms with Crippen LogP contribution < -0.4 is 5.73 Å². The van der Waals surface area contributed by atoms with Gasteiger partial charge in [-0.1, -0.05) is 6.92 Å². The van der Waals surface area contributed by atoms with E-state index in [1.807, 2.05) is 4.90 Å². The van der Waals surface area contributed by atoms with Gasteiger partial charge in [0.05, 0.1) is 6.54 Å². The summed E-state index contributed by atoms with van der Waals surface area (Å²) in [5.74, 6) is 0.538. The molecule has 0 saturated carbocycles. The standard InChI is InChI=1S/C12H23N3O2.ClH/c1-9-4-5-15(11(6-9)7-13)12(17)8-14(3)10(2)16;/h9,11H,4-8,13H2,1-3H3;1H. The van der Waals surface area contributed by atoms with Gasteiger partial charge in [-0.2, -0.15) is 0 Å². The molecule has 0 radical (unpaired) electrons. The van der Waals surface area contributed by atoms with Gasteiger partial charge in [0.1, 0.15) is 0 Å². The van der Waals surface area contributed by atoms with Gasteiger partial charge in [0.25, 0.3) is 0 Å². The first kappa shape index (κ1) is 17.2. The number of carbonyl (C=O) groups is 2. The molecule has 2 atom stereocenters. The van der Waals surface area contributed by atoms with Crippen molar-refractivity contribution in [1.29, 1.82) is 0 Å². The monoisotopic (exact) mass is 277 g/mol. The molecule has 0 aromatic carbocycles. The molecule has 1 fully saturated rings. The van der Waals surface area contributed by atoms with E-state index in [0.717, 1.165) is 19.4 Å². The van der Waals surface area contributed by atoms with Crippen LogP contribution in [0.2, 0.25) is 0 Å². The fourth-order valence-corrected chi connectivity index (χ4v) is 2.21. The van der Waals surface area contributed by atoms with Crippen molar-refractivity contribution < 1.29 is 9.59 Å². The quantitative estimate of drug-likeness (QED) is 0.816. The summed E-state index contributed by atoms with van der Waals surface area (Å²) in [6.45, 7) is 5.06. The zero-order valence-corrected chi connectivity index (χ0v) is 12.2. The Labute approximate surface area is 115 Å². The summed E-state index contributed by atoms with van der Waals surface area (Å²) in [5, 5.41) is 0. The third-order valence-electron chi connectivity index (χ3n) is 3.48. The van der Waals surface area contributed by atoms with E-state index in [-0.39, 0.29) is 36.8 Å². The molecule has 0 bridgehead atoms. The minimum Gasteiger partial charge on any atom is -0.337 e. The third-order valence-corrected chi connectivity index (χ3v) is 3.48. The van der Waals surface area contributed by atoms with Crippen LogP contribution in [0.4, 0.5) is 0 Å². The minimum absolute atomic E-state index is 0. The van der Waals surface area contributed by atoms with Crippen LogP contribution in [0.1, 0.15) is 26.7 Å². The summed E-state index contributed by atoms with van der Waals surface area (Å²) in [4.78, 5) is 26.4. The molecule has 2 amide bonds. The average Bonchev–Trinajstić information content (AvgIpc) is 2.28. The fourth-order valence-electron chi connectivity index (χ4n) is 2.21. The van der Waals surface area contributed by atoms with Crippen LogP contribution >= 0.6 is 12.4 Å². The maximum absolute atomic E-state index is 12.1. The minimum atomic E-state index is -0.0898. The highest BCUT2D eigenvalue weighted by Gasteiger charge is 2.29. The number of carbonyl (C=O) groups excluding carboxylic acids is 2. The first-order valence-corrected chi connectivity index (χ1v) is 6.17. The van der Waals surface area contributed by atoms with Gasteiger partial charge in [-0.15, -0.1) is 12.4 Å². The van der Waals surface area contributed by atoms with E-state index in [1.165, 1.54) is 11.8 Å². The molecule has 1 saturated heterocycles. The highest BCUT2D eigenvalue weighted by Crippen LogP contribution is 2.21. The summed E-state index contributed by atoms with van der Waals surface area (Å²) in [7, 11) is 1.64. The molecular weight excluding hydrogens is 254 g/mol. The Hall–Kier alpha value is -0.810. The van der Waals surface area contributed by atoms with Gasteiger partial charge in [-0.25, -0.2) is 0 Å². The van der Waals surface area contributed by atoms with E-state index in [1.54, 1.807) is 7.05 Å². The lowest BCUT2D eigenvalue weighted by atomic mass is 9.92. The molecule has 5 nitrogen and oxygen atoms in total. The first-order valence-electron chi connectivity index (χ1n) is 6.17. The summed E-state index contributed by atoms with van der Waals surface area (Å²) in [6.07, 6.45) is 1.98. The van der Waals surface area contributed by atoms with Gasteiger partial charge in [-0.05, 0) is 18.8 Å². The predicted molar refractivity (Wildman–Crippen MR) is 73.5 cm³/mol. The lowest BCUT2D eigenvalue weighted by Gasteiger charge is -2.38. The maximum atomic E-state index is 12.1. The average molecular weight is 278 g/mol. The van der Waals surface area contributed by atoms with E-state index >= 15 is 0 Å². The van der Waals surface area contributed by atoms with Crippen LogP contribution in [-0.4, -0.2) is 54.3 Å². The van der Waals surface area contributed by atoms with E-state index in [9.17, 15) is 9.59 Å². The summed E-state index contributed by atoms with van der Waals surface area (Å²) >= 11 is 0. The molecule has 0 aromatic heterocycles. The lowest BCUT2D eigenvalue weighted by molar-refractivity contribution is -0.141. The maximum Gasteiger partial charge on any atom is 0.242 e. The molecule has 18 heavy (non-hydrogen) atoms. The van der Waals surface area contributed by atoms with Gasteiger partial charge in [-0.3, -0.25) is 9.59 Å². The lowest BCUT2D eigenvalue weighted by Crippen LogP contribution is -2.52. The largest absolute Gasteiger partial charge is 0.337 e. The van der Waals surface area contributed by atoms with Crippen LogP contribution in [0.15, 0.2) is 0 Å². The highest BCUT2D eigenvalue weighted by atomic mass is 35.5. The van der Waals surface area contributed by atoms with Crippen molar-refractivity contribution in [1.82, 2.24) is 9.80 Å². The molecule has 0 spiro atoms. The van der Waals surface area contributed by atoms with Crippen LogP contribution in [0.5, 0.6) is 0 Å². The fraction of sp³-hybridized carbons (Fsp3) is 0.833. The Kier molecular flexibility index (Phi) is 7.25. The topological polar surface area (TPSA) is 66.6 Å². The number of nitrogens with two attached hydrogens (primary N) is 1. The van der Waals surface area contributed by atoms with Crippen molar-refractivity contribution in [2.24, 2.45) is 11.7 Å². The number of likely N-dealkylation sites (tertiary alicyclic amines) is 1. The second-order valence-corrected chi connectivity index (χ2v) is 4.98. The van der Waals surface area contributed by atoms with Gasteiger partial charge >= 0.3 is 0 Å².